The highest BCUT2D eigenvalue weighted by Crippen LogP contribution is 2.24. The molecule has 2 rings (SSSR count). The van der Waals surface area contributed by atoms with E-state index in [-0.39, 0.29) is 0 Å². The molecule has 0 bridgehead atoms. The number of hydrogen-bond acceptors (Lipinski definition) is 2. The maximum atomic E-state index is 4.54. The molecule has 0 radical (unpaired) electrons. The first-order valence-corrected chi connectivity index (χ1v) is 6.97. The fraction of sp³-hybridized carbons (Fsp3) is 0.562. The Balaban J connectivity index is 2.08. The van der Waals surface area contributed by atoms with Crippen LogP contribution in [0.4, 0.5) is 5.69 Å². The third-order valence-corrected chi connectivity index (χ3v) is 3.49. The Morgan fingerprint density at radius 2 is 2.06 bits per heavy atom. The van der Waals surface area contributed by atoms with Gasteiger partial charge in [0, 0.05) is 18.7 Å². The molecule has 1 aliphatic heterocycles. The molecule has 0 fully saturated rings. The van der Waals surface area contributed by atoms with Crippen LogP contribution in [0.15, 0.2) is 29.4 Å². The molecule has 2 nitrogen and oxygen atoms in total. The molecular weight excluding hydrogens is 220 g/mol. The van der Waals surface area contributed by atoms with Crippen LogP contribution in [0.1, 0.15) is 33.3 Å². The molecule has 0 aromatic heterocycles. The summed E-state index contributed by atoms with van der Waals surface area (Å²) in [5.41, 5.74) is 2.64. The van der Waals surface area contributed by atoms with E-state index >= 15 is 0 Å². The molecule has 1 unspecified atom stereocenters. The van der Waals surface area contributed by atoms with Gasteiger partial charge < -0.3 is 0 Å². The molecule has 0 N–H and O–H groups in total. The van der Waals surface area contributed by atoms with Gasteiger partial charge in [-0.3, -0.25) is 5.01 Å². The largest absolute Gasteiger partial charge is 0.265 e. The summed E-state index contributed by atoms with van der Waals surface area (Å²) in [6, 6.07) is 8.79. The molecule has 18 heavy (non-hydrogen) atoms. The highest BCUT2D eigenvalue weighted by atomic mass is 15.5. The molecule has 98 valence electrons. The van der Waals surface area contributed by atoms with Crippen molar-refractivity contribution in [2.45, 2.75) is 34.1 Å². The molecule has 0 saturated heterocycles. The van der Waals surface area contributed by atoms with Crippen molar-refractivity contribution in [3.63, 3.8) is 0 Å². The Bertz CT molecular complexity index is 421. The van der Waals surface area contributed by atoms with Gasteiger partial charge in [-0.1, -0.05) is 39.8 Å². The molecule has 1 aromatic rings. The SMILES string of the molecule is CC(C)Cc1cccc(N2CC(C(C)C)C=N2)c1. The number of rotatable bonds is 4. The summed E-state index contributed by atoms with van der Waals surface area (Å²) in [7, 11) is 0. The molecule has 0 aliphatic carbocycles. The summed E-state index contributed by atoms with van der Waals surface area (Å²) >= 11 is 0. The summed E-state index contributed by atoms with van der Waals surface area (Å²) in [5.74, 6) is 1.95. The van der Waals surface area contributed by atoms with Gasteiger partial charge in [-0.05, 0) is 36.0 Å². The minimum atomic E-state index is 0.582. The van der Waals surface area contributed by atoms with Crippen LogP contribution < -0.4 is 5.01 Å². The summed E-state index contributed by atoms with van der Waals surface area (Å²) < 4.78 is 0. The predicted octanol–water partition coefficient (Wildman–Crippen LogP) is 3.96. The number of anilines is 1. The maximum absolute atomic E-state index is 4.54. The van der Waals surface area contributed by atoms with Gasteiger partial charge in [0.2, 0.25) is 0 Å². The van der Waals surface area contributed by atoms with E-state index in [4.69, 9.17) is 0 Å². The third-order valence-electron chi connectivity index (χ3n) is 3.49. The molecule has 1 atom stereocenters. The topological polar surface area (TPSA) is 15.6 Å². The minimum Gasteiger partial charge on any atom is -0.265 e. The maximum Gasteiger partial charge on any atom is 0.0596 e. The highest BCUT2D eigenvalue weighted by molar-refractivity contribution is 5.68. The Morgan fingerprint density at radius 3 is 2.67 bits per heavy atom. The van der Waals surface area contributed by atoms with Crippen LogP contribution in [0.3, 0.4) is 0 Å². The zero-order valence-corrected chi connectivity index (χ0v) is 11.9. The lowest BCUT2D eigenvalue weighted by Crippen LogP contribution is -2.20. The second kappa shape index (κ2) is 5.55. The van der Waals surface area contributed by atoms with Crippen LogP contribution in [0, 0.1) is 17.8 Å². The predicted molar refractivity (Wildman–Crippen MR) is 79.2 cm³/mol. The van der Waals surface area contributed by atoms with E-state index < -0.39 is 0 Å². The lowest BCUT2D eigenvalue weighted by atomic mass is 9.98. The van der Waals surface area contributed by atoms with Gasteiger partial charge in [-0.25, -0.2) is 0 Å². The minimum absolute atomic E-state index is 0.582. The quantitative estimate of drug-likeness (QED) is 0.782. The fourth-order valence-electron chi connectivity index (χ4n) is 2.33. The Kier molecular flexibility index (Phi) is 4.05. The van der Waals surface area contributed by atoms with Crippen LogP contribution in [0.5, 0.6) is 0 Å². The van der Waals surface area contributed by atoms with Gasteiger partial charge in [-0.2, -0.15) is 5.10 Å². The zero-order chi connectivity index (χ0) is 13.1. The first kappa shape index (κ1) is 13.1. The van der Waals surface area contributed by atoms with Gasteiger partial charge in [0.15, 0.2) is 0 Å². The first-order valence-electron chi connectivity index (χ1n) is 6.97. The third kappa shape index (κ3) is 3.12. The van der Waals surface area contributed by atoms with Crippen LogP contribution in [0.25, 0.3) is 0 Å². The molecular formula is C16H24N2. The van der Waals surface area contributed by atoms with Gasteiger partial charge in [0.25, 0.3) is 0 Å². The van der Waals surface area contributed by atoms with Crippen LogP contribution in [-0.2, 0) is 6.42 Å². The smallest absolute Gasteiger partial charge is 0.0596 e. The highest BCUT2D eigenvalue weighted by Gasteiger charge is 2.21. The van der Waals surface area contributed by atoms with Crippen molar-refractivity contribution in [1.29, 1.82) is 0 Å². The summed E-state index contributed by atoms with van der Waals surface area (Å²) in [5, 5.41) is 6.67. The first-order chi connectivity index (χ1) is 8.56. The Morgan fingerprint density at radius 1 is 1.28 bits per heavy atom. The summed E-state index contributed by atoms with van der Waals surface area (Å²) in [6.07, 6.45) is 3.23. The van der Waals surface area contributed by atoms with E-state index in [1.807, 2.05) is 0 Å². The molecule has 1 heterocycles. The fourth-order valence-corrected chi connectivity index (χ4v) is 2.33. The second-order valence-electron chi connectivity index (χ2n) is 6.02. The molecule has 0 spiro atoms. The monoisotopic (exact) mass is 244 g/mol. The Hall–Kier alpha value is -1.31. The lowest BCUT2D eigenvalue weighted by molar-refractivity contribution is 0.518. The van der Waals surface area contributed by atoms with Crippen LogP contribution in [-0.4, -0.2) is 12.8 Å². The van der Waals surface area contributed by atoms with Crippen molar-refractivity contribution in [3.05, 3.63) is 29.8 Å². The lowest BCUT2D eigenvalue weighted by Gasteiger charge is -2.18. The van der Waals surface area contributed by atoms with Gasteiger partial charge >= 0.3 is 0 Å². The van der Waals surface area contributed by atoms with Gasteiger partial charge in [0.1, 0.15) is 0 Å². The number of benzene rings is 1. The van der Waals surface area contributed by atoms with E-state index in [1.165, 1.54) is 11.3 Å². The average Bonchev–Trinajstić information content (AvgIpc) is 2.77. The van der Waals surface area contributed by atoms with E-state index in [0.717, 1.165) is 13.0 Å². The number of nitrogens with zero attached hydrogens (tertiary/aromatic N) is 2. The molecule has 0 amide bonds. The van der Waals surface area contributed by atoms with Crippen molar-refractivity contribution in [2.75, 3.05) is 11.6 Å². The van der Waals surface area contributed by atoms with Crippen molar-refractivity contribution in [3.8, 4) is 0 Å². The normalized spacial score (nSPS) is 19.2. The summed E-state index contributed by atoms with van der Waals surface area (Å²) in [4.78, 5) is 0. The van der Waals surface area contributed by atoms with Crippen LogP contribution >= 0.6 is 0 Å². The van der Waals surface area contributed by atoms with E-state index in [9.17, 15) is 0 Å². The van der Waals surface area contributed by atoms with E-state index in [2.05, 4.69) is 68.3 Å². The van der Waals surface area contributed by atoms with E-state index in [1.54, 1.807) is 0 Å². The van der Waals surface area contributed by atoms with E-state index in [0.29, 0.717) is 17.8 Å². The number of hydrogen-bond donors (Lipinski definition) is 0. The van der Waals surface area contributed by atoms with Crippen molar-refractivity contribution >= 4 is 11.9 Å². The summed E-state index contributed by atoms with van der Waals surface area (Å²) in [6.45, 7) is 10.1. The van der Waals surface area contributed by atoms with Gasteiger partial charge in [-0.15, -0.1) is 0 Å². The zero-order valence-electron chi connectivity index (χ0n) is 11.9. The van der Waals surface area contributed by atoms with Crippen LogP contribution in [0.2, 0.25) is 0 Å². The second-order valence-corrected chi connectivity index (χ2v) is 6.02. The van der Waals surface area contributed by atoms with Crippen molar-refractivity contribution in [1.82, 2.24) is 0 Å². The average molecular weight is 244 g/mol. The standard InChI is InChI=1S/C16H24N2/c1-12(2)8-14-6-5-7-16(9-14)18-11-15(10-17-18)13(3)4/h5-7,9-10,12-13,15H,8,11H2,1-4H3. The van der Waals surface area contributed by atoms with Gasteiger partial charge in [0.05, 0.1) is 5.69 Å². The van der Waals surface area contributed by atoms with Crippen molar-refractivity contribution in [2.24, 2.45) is 22.9 Å². The Labute approximate surface area is 111 Å². The van der Waals surface area contributed by atoms with Crippen molar-refractivity contribution < 1.29 is 0 Å². The molecule has 1 aromatic carbocycles. The molecule has 2 heteroatoms. The number of hydrazone groups is 1. The molecule has 0 saturated carbocycles. The molecule has 1 aliphatic rings.